The van der Waals surface area contributed by atoms with Gasteiger partial charge in [-0.3, -0.25) is 9.78 Å². The molecule has 0 aliphatic carbocycles. The van der Waals surface area contributed by atoms with E-state index in [1.165, 1.54) is 6.33 Å². The SMILES string of the molecule is C[C@H](c1ccncn1)N(C)C(=O)Cc1cccnc1. The van der Waals surface area contributed by atoms with Crippen molar-refractivity contribution in [1.82, 2.24) is 19.9 Å². The first-order chi connectivity index (χ1) is 9.18. The van der Waals surface area contributed by atoms with Gasteiger partial charge < -0.3 is 4.90 Å². The van der Waals surface area contributed by atoms with Gasteiger partial charge in [0.2, 0.25) is 5.91 Å². The Labute approximate surface area is 112 Å². The molecule has 0 spiro atoms. The summed E-state index contributed by atoms with van der Waals surface area (Å²) in [6.07, 6.45) is 6.92. The van der Waals surface area contributed by atoms with E-state index < -0.39 is 0 Å². The van der Waals surface area contributed by atoms with Crippen LogP contribution in [0.1, 0.15) is 24.2 Å². The van der Waals surface area contributed by atoms with Crippen molar-refractivity contribution >= 4 is 5.91 Å². The van der Waals surface area contributed by atoms with Gasteiger partial charge in [-0.2, -0.15) is 0 Å². The molecule has 19 heavy (non-hydrogen) atoms. The molecule has 0 radical (unpaired) electrons. The molecule has 0 aliphatic rings. The first kappa shape index (κ1) is 13.1. The Hall–Kier alpha value is -2.30. The lowest BCUT2D eigenvalue weighted by atomic mass is 10.1. The van der Waals surface area contributed by atoms with Crippen LogP contribution in [0.25, 0.3) is 0 Å². The van der Waals surface area contributed by atoms with Gasteiger partial charge in [0, 0.05) is 25.6 Å². The molecule has 1 amide bonds. The van der Waals surface area contributed by atoms with Crippen LogP contribution in [0.3, 0.4) is 0 Å². The zero-order chi connectivity index (χ0) is 13.7. The number of hydrogen-bond donors (Lipinski definition) is 0. The first-order valence-corrected chi connectivity index (χ1v) is 6.09. The number of likely N-dealkylation sites (N-methyl/N-ethyl adjacent to an activating group) is 1. The Balaban J connectivity index is 2.03. The fourth-order valence-corrected chi connectivity index (χ4v) is 1.76. The van der Waals surface area contributed by atoms with Crippen LogP contribution < -0.4 is 0 Å². The van der Waals surface area contributed by atoms with Gasteiger partial charge in [0.05, 0.1) is 18.2 Å². The third-order valence-electron chi connectivity index (χ3n) is 3.09. The number of pyridine rings is 1. The van der Waals surface area contributed by atoms with Crippen molar-refractivity contribution < 1.29 is 4.79 Å². The van der Waals surface area contributed by atoms with E-state index >= 15 is 0 Å². The summed E-state index contributed by atoms with van der Waals surface area (Å²) >= 11 is 0. The fourth-order valence-electron chi connectivity index (χ4n) is 1.76. The van der Waals surface area contributed by atoms with Crippen LogP contribution in [0, 0.1) is 0 Å². The quantitative estimate of drug-likeness (QED) is 0.834. The standard InChI is InChI=1S/C14H16N4O/c1-11(13-5-7-16-10-17-13)18(2)14(19)8-12-4-3-6-15-9-12/h3-7,9-11H,8H2,1-2H3/t11-/m1/s1. The lowest BCUT2D eigenvalue weighted by molar-refractivity contribution is -0.131. The Morgan fingerprint density at radius 3 is 2.79 bits per heavy atom. The van der Waals surface area contributed by atoms with Crippen molar-refractivity contribution in [3.8, 4) is 0 Å². The predicted octanol–water partition coefficient (Wildman–Crippen LogP) is 1.63. The number of carbonyl (C=O) groups is 1. The van der Waals surface area contributed by atoms with Crippen LogP contribution in [-0.2, 0) is 11.2 Å². The molecule has 98 valence electrons. The van der Waals surface area contributed by atoms with Crippen molar-refractivity contribution in [2.45, 2.75) is 19.4 Å². The van der Waals surface area contributed by atoms with E-state index in [1.807, 2.05) is 25.1 Å². The number of amides is 1. The maximum Gasteiger partial charge on any atom is 0.227 e. The molecule has 2 aromatic heterocycles. The lowest BCUT2D eigenvalue weighted by Gasteiger charge is -2.24. The van der Waals surface area contributed by atoms with Gasteiger partial charge in [-0.05, 0) is 24.6 Å². The van der Waals surface area contributed by atoms with E-state index in [9.17, 15) is 4.79 Å². The van der Waals surface area contributed by atoms with Crippen molar-refractivity contribution in [3.05, 3.63) is 54.4 Å². The summed E-state index contributed by atoms with van der Waals surface area (Å²) < 4.78 is 0. The van der Waals surface area contributed by atoms with Crippen molar-refractivity contribution in [1.29, 1.82) is 0 Å². The Kier molecular flexibility index (Phi) is 4.18. The fraction of sp³-hybridized carbons (Fsp3) is 0.286. The normalized spacial score (nSPS) is 11.9. The number of aromatic nitrogens is 3. The summed E-state index contributed by atoms with van der Waals surface area (Å²) in [5.41, 5.74) is 1.74. The second-order valence-corrected chi connectivity index (χ2v) is 4.35. The van der Waals surface area contributed by atoms with Gasteiger partial charge in [-0.1, -0.05) is 6.07 Å². The maximum absolute atomic E-state index is 12.2. The summed E-state index contributed by atoms with van der Waals surface area (Å²) in [4.78, 5) is 25.9. The Morgan fingerprint density at radius 2 is 2.16 bits per heavy atom. The molecule has 5 heteroatoms. The Bertz CT molecular complexity index is 530. The molecular weight excluding hydrogens is 240 g/mol. The summed E-state index contributed by atoms with van der Waals surface area (Å²) in [6, 6.07) is 5.47. The number of carbonyl (C=O) groups excluding carboxylic acids is 1. The van der Waals surface area contributed by atoms with Crippen LogP contribution in [0.15, 0.2) is 43.1 Å². The molecule has 0 saturated heterocycles. The van der Waals surface area contributed by atoms with Crippen LogP contribution in [-0.4, -0.2) is 32.8 Å². The molecule has 0 aliphatic heterocycles. The zero-order valence-electron chi connectivity index (χ0n) is 11.0. The highest BCUT2D eigenvalue weighted by Gasteiger charge is 2.18. The molecule has 0 unspecified atom stereocenters. The van der Waals surface area contributed by atoms with E-state index in [-0.39, 0.29) is 11.9 Å². The lowest BCUT2D eigenvalue weighted by Crippen LogP contribution is -2.31. The molecule has 0 bridgehead atoms. The van der Waals surface area contributed by atoms with Crippen molar-refractivity contribution in [2.24, 2.45) is 0 Å². The largest absolute Gasteiger partial charge is 0.337 e. The third kappa shape index (κ3) is 3.34. The summed E-state index contributed by atoms with van der Waals surface area (Å²) in [5.74, 6) is 0.0408. The molecule has 1 atom stereocenters. The summed E-state index contributed by atoms with van der Waals surface area (Å²) in [7, 11) is 1.78. The monoisotopic (exact) mass is 256 g/mol. The van der Waals surface area contributed by atoms with Crippen molar-refractivity contribution in [3.63, 3.8) is 0 Å². The summed E-state index contributed by atoms with van der Waals surface area (Å²) in [6.45, 7) is 1.95. The maximum atomic E-state index is 12.2. The molecule has 2 heterocycles. The van der Waals surface area contributed by atoms with E-state index in [1.54, 1.807) is 30.5 Å². The predicted molar refractivity (Wildman–Crippen MR) is 71.2 cm³/mol. The summed E-state index contributed by atoms with van der Waals surface area (Å²) in [5, 5.41) is 0. The minimum atomic E-state index is -0.0767. The van der Waals surface area contributed by atoms with Gasteiger partial charge in [0.15, 0.2) is 0 Å². The van der Waals surface area contributed by atoms with E-state index in [0.29, 0.717) is 6.42 Å². The molecule has 5 nitrogen and oxygen atoms in total. The van der Waals surface area contributed by atoms with E-state index in [0.717, 1.165) is 11.3 Å². The molecule has 0 aromatic carbocycles. The molecule has 2 aromatic rings. The molecular formula is C14H16N4O. The topological polar surface area (TPSA) is 59.0 Å². The zero-order valence-corrected chi connectivity index (χ0v) is 11.0. The van der Waals surface area contributed by atoms with Crippen LogP contribution in [0.2, 0.25) is 0 Å². The second kappa shape index (κ2) is 6.04. The molecule has 0 N–H and O–H groups in total. The molecule has 0 fully saturated rings. The highest BCUT2D eigenvalue weighted by molar-refractivity contribution is 5.78. The van der Waals surface area contributed by atoms with Gasteiger partial charge in [0.1, 0.15) is 6.33 Å². The van der Waals surface area contributed by atoms with Crippen molar-refractivity contribution in [2.75, 3.05) is 7.05 Å². The minimum absolute atomic E-state index is 0.0408. The highest BCUT2D eigenvalue weighted by atomic mass is 16.2. The van der Waals surface area contributed by atoms with E-state index in [4.69, 9.17) is 0 Å². The van der Waals surface area contributed by atoms with Gasteiger partial charge >= 0.3 is 0 Å². The van der Waals surface area contributed by atoms with Gasteiger partial charge in [0.25, 0.3) is 0 Å². The highest BCUT2D eigenvalue weighted by Crippen LogP contribution is 2.16. The third-order valence-corrected chi connectivity index (χ3v) is 3.09. The molecule has 2 rings (SSSR count). The second-order valence-electron chi connectivity index (χ2n) is 4.35. The number of nitrogens with zero attached hydrogens (tertiary/aromatic N) is 4. The van der Waals surface area contributed by atoms with Crippen LogP contribution >= 0.6 is 0 Å². The Morgan fingerprint density at radius 1 is 1.32 bits per heavy atom. The average Bonchev–Trinajstić information content (AvgIpc) is 2.47. The average molecular weight is 256 g/mol. The number of hydrogen-bond acceptors (Lipinski definition) is 4. The molecule has 0 saturated carbocycles. The van der Waals surface area contributed by atoms with Crippen LogP contribution in [0.4, 0.5) is 0 Å². The smallest absolute Gasteiger partial charge is 0.227 e. The van der Waals surface area contributed by atoms with Gasteiger partial charge in [-0.25, -0.2) is 9.97 Å². The van der Waals surface area contributed by atoms with E-state index in [2.05, 4.69) is 15.0 Å². The van der Waals surface area contributed by atoms with Gasteiger partial charge in [-0.15, -0.1) is 0 Å². The minimum Gasteiger partial charge on any atom is -0.337 e. The first-order valence-electron chi connectivity index (χ1n) is 6.09. The van der Waals surface area contributed by atoms with Crippen LogP contribution in [0.5, 0.6) is 0 Å². The number of rotatable bonds is 4.